The quantitative estimate of drug-likeness (QED) is 0.165. The normalized spacial score (nSPS) is 11.4. The standard InChI is InChI=1S/C28H24ClN3O4S2/c1-2-36-24(33)16-22-17-37-28(31-22)32-27(35)25(18-7-4-3-5-8-18)38-23-13-11-21(12-14-23)30-26(34)19-9-6-10-20(29)15-19/h3-15,17,25H,2,16H2,1H3,(H,30,34)(H,31,32,35). The van der Waals surface area contributed by atoms with Crippen LogP contribution >= 0.6 is 34.7 Å². The summed E-state index contributed by atoms with van der Waals surface area (Å²) in [4.78, 5) is 42.8. The number of carbonyl (C=O) groups excluding carboxylic acids is 3. The highest BCUT2D eigenvalue weighted by Crippen LogP contribution is 2.37. The van der Waals surface area contributed by atoms with Crippen LogP contribution in [0.5, 0.6) is 0 Å². The van der Waals surface area contributed by atoms with E-state index in [9.17, 15) is 14.4 Å². The molecule has 0 aliphatic heterocycles. The molecule has 4 rings (SSSR count). The summed E-state index contributed by atoms with van der Waals surface area (Å²) in [6.45, 7) is 2.05. The average Bonchev–Trinajstić information content (AvgIpc) is 3.35. The van der Waals surface area contributed by atoms with Gasteiger partial charge in [0, 0.05) is 26.5 Å². The number of thiazole rings is 1. The van der Waals surface area contributed by atoms with E-state index in [4.69, 9.17) is 16.3 Å². The highest BCUT2D eigenvalue weighted by Gasteiger charge is 2.23. The predicted octanol–water partition coefficient (Wildman–Crippen LogP) is 6.63. The summed E-state index contributed by atoms with van der Waals surface area (Å²) >= 11 is 8.62. The lowest BCUT2D eigenvalue weighted by molar-refractivity contribution is -0.142. The molecule has 3 aromatic carbocycles. The van der Waals surface area contributed by atoms with Crippen LogP contribution < -0.4 is 10.6 Å². The van der Waals surface area contributed by atoms with Crippen molar-refractivity contribution in [2.45, 2.75) is 23.5 Å². The molecule has 7 nitrogen and oxygen atoms in total. The third-order valence-electron chi connectivity index (χ3n) is 5.21. The highest BCUT2D eigenvalue weighted by molar-refractivity contribution is 8.00. The number of hydrogen-bond donors (Lipinski definition) is 2. The third-order valence-corrected chi connectivity index (χ3v) is 7.51. The molecule has 1 atom stereocenters. The molecule has 0 bridgehead atoms. The summed E-state index contributed by atoms with van der Waals surface area (Å²) in [6, 6.07) is 23.4. The molecule has 0 aliphatic carbocycles. The Bertz CT molecular complexity index is 1410. The van der Waals surface area contributed by atoms with Gasteiger partial charge in [-0.2, -0.15) is 0 Å². The Hall–Kier alpha value is -3.66. The molecular formula is C28H24ClN3O4S2. The Morgan fingerprint density at radius 2 is 1.76 bits per heavy atom. The smallest absolute Gasteiger partial charge is 0.311 e. The summed E-state index contributed by atoms with van der Waals surface area (Å²) in [5.74, 6) is -0.864. The molecule has 2 amide bonds. The van der Waals surface area contributed by atoms with E-state index < -0.39 is 5.25 Å². The fourth-order valence-corrected chi connectivity index (χ4v) is 5.39. The van der Waals surface area contributed by atoms with Gasteiger partial charge in [-0.3, -0.25) is 14.4 Å². The third kappa shape index (κ3) is 7.67. The van der Waals surface area contributed by atoms with Crippen LogP contribution in [0.1, 0.15) is 33.8 Å². The van der Waals surface area contributed by atoms with Gasteiger partial charge in [0.15, 0.2) is 5.13 Å². The number of esters is 1. The van der Waals surface area contributed by atoms with Crippen molar-refractivity contribution in [3.63, 3.8) is 0 Å². The first-order valence-corrected chi connectivity index (χ1v) is 13.8. The number of amides is 2. The molecule has 1 unspecified atom stereocenters. The SMILES string of the molecule is CCOC(=O)Cc1csc(NC(=O)C(Sc2ccc(NC(=O)c3cccc(Cl)c3)cc2)c2ccccc2)n1. The molecule has 0 aliphatic rings. The fraction of sp³-hybridized carbons (Fsp3) is 0.143. The van der Waals surface area contributed by atoms with Gasteiger partial charge in [-0.15, -0.1) is 23.1 Å². The molecular weight excluding hydrogens is 542 g/mol. The maximum Gasteiger partial charge on any atom is 0.311 e. The van der Waals surface area contributed by atoms with E-state index >= 15 is 0 Å². The number of anilines is 2. The minimum absolute atomic E-state index is 0.0529. The van der Waals surface area contributed by atoms with Gasteiger partial charge in [-0.25, -0.2) is 4.98 Å². The van der Waals surface area contributed by atoms with Gasteiger partial charge in [0.25, 0.3) is 5.91 Å². The lowest BCUT2D eigenvalue weighted by Gasteiger charge is -2.16. The van der Waals surface area contributed by atoms with Crippen molar-refractivity contribution >= 4 is 63.3 Å². The van der Waals surface area contributed by atoms with E-state index in [2.05, 4.69) is 15.6 Å². The monoisotopic (exact) mass is 565 g/mol. The van der Waals surface area contributed by atoms with E-state index in [1.807, 2.05) is 42.5 Å². The molecule has 194 valence electrons. The van der Waals surface area contributed by atoms with Crippen molar-refractivity contribution < 1.29 is 19.1 Å². The Morgan fingerprint density at radius 3 is 2.47 bits per heavy atom. The van der Waals surface area contributed by atoms with Crippen LogP contribution in [0.2, 0.25) is 5.02 Å². The molecule has 0 radical (unpaired) electrons. The van der Waals surface area contributed by atoms with Gasteiger partial charge in [0.2, 0.25) is 5.91 Å². The molecule has 0 spiro atoms. The molecule has 0 saturated carbocycles. The molecule has 0 fully saturated rings. The van der Waals surface area contributed by atoms with Gasteiger partial charge in [-0.1, -0.05) is 48.0 Å². The lowest BCUT2D eigenvalue weighted by Crippen LogP contribution is -2.19. The van der Waals surface area contributed by atoms with Crippen molar-refractivity contribution in [3.05, 3.63) is 106 Å². The zero-order valence-corrected chi connectivity index (χ0v) is 22.7. The van der Waals surface area contributed by atoms with E-state index in [1.165, 1.54) is 23.1 Å². The Balaban J connectivity index is 1.44. The number of hydrogen-bond acceptors (Lipinski definition) is 7. The first-order chi connectivity index (χ1) is 18.4. The second kappa shape index (κ2) is 13.2. The van der Waals surface area contributed by atoms with Gasteiger partial charge < -0.3 is 15.4 Å². The number of carbonyl (C=O) groups is 3. The van der Waals surface area contributed by atoms with E-state index in [-0.39, 0.29) is 24.2 Å². The molecule has 38 heavy (non-hydrogen) atoms. The molecule has 10 heteroatoms. The fourth-order valence-electron chi connectivity index (χ4n) is 3.46. The van der Waals surface area contributed by atoms with Crippen molar-refractivity contribution in [2.24, 2.45) is 0 Å². The first kappa shape index (κ1) is 27.4. The maximum absolute atomic E-state index is 13.3. The second-order valence-corrected chi connectivity index (χ2v) is 10.5. The van der Waals surface area contributed by atoms with Crippen LogP contribution in [-0.4, -0.2) is 29.4 Å². The van der Waals surface area contributed by atoms with E-state index in [1.54, 1.807) is 48.7 Å². The van der Waals surface area contributed by atoms with Crippen LogP contribution in [-0.2, 0) is 20.7 Å². The van der Waals surface area contributed by atoms with Crippen molar-refractivity contribution in [1.82, 2.24) is 4.98 Å². The topological polar surface area (TPSA) is 97.4 Å². The minimum atomic E-state index is -0.555. The zero-order valence-electron chi connectivity index (χ0n) is 20.3. The zero-order chi connectivity index (χ0) is 26.9. The summed E-state index contributed by atoms with van der Waals surface area (Å²) < 4.78 is 4.96. The summed E-state index contributed by atoms with van der Waals surface area (Å²) in [7, 11) is 0. The number of benzene rings is 3. The van der Waals surface area contributed by atoms with E-state index in [0.717, 1.165) is 10.5 Å². The minimum Gasteiger partial charge on any atom is -0.466 e. The van der Waals surface area contributed by atoms with Gasteiger partial charge >= 0.3 is 5.97 Å². The largest absolute Gasteiger partial charge is 0.466 e. The van der Waals surface area contributed by atoms with Crippen molar-refractivity contribution in [1.29, 1.82) is 0 Å². The van der Waals surface area contributed by atoms with E-state index in [0.29, 0.717) is 33.7 Å². The number of halogens is 1. The van der Waals surface area contributed by atoms with Gasteiger partial charge in [0.05, 0.1) is 18.7 Å². The van der Waals surface area contributed by atoms with Crippen LogP contribution in [0.15, 0.2) is 89.1 Å². The van der Waals surface area contributed by atoms with Crippen molar-refractivity contribution in [2.75, 3.05) is 17.2 Å². The number of thioether (sulfide) groups is 1. The Kier molecular flexibility index (Phi) is 9.53. The summed E-state index contributed by atoms with van der Waals surface area (Å²) in [5.41, 5.74) is 2.46. The van der Waals surface area contributed by atoms with Gasteiger partial charge in [0.1, 0.15) is 5.25 Å². The van der Waals surface area contributed by atoms with Crippen LogP contribution in [0.3, 0.4) is 0 Å². The van der Waals surface area contributed by atoms with Crippen LogP contribution in [0.25, 0.3) is 0 Å². The molecule has 2 N–H and O–H groups in total. The van der Waals surface area contributed by atoms with Crippen molar-refractivity contribution in [3.8, 4) is 0 Å². The van der Waals surface area contributed by atoms with Crippen LogP contribution in [0, 0.1) is 0 Å². The predicted molar refractivity (Wildman–Crippen MR) is 152 cm³/mol. The lowest BCUT2D eigenvalue weighted by atomic mass is 10.1. The average molecular weight is 566 g/mol. The maximum atomic E-state index is 13.3. The number of nitrogens with one attached hydrogen (secondary N) is 2. The molecule has 4 aromatic rings. The number of nitrogens with zero attached hydrogens (tertiary/aromatic N) is 1. The number of aromatic nitrogens is 1. The first-order valence-electron chi connectivity index (χ1n) is 11.7. The van der Waals surface area contributed by atoms with Crippen LogP contribution in [0.4, 0.5) is 10.8 Å². The summed E-state index contributed by atoms with van der Waals surface area (Å²) in [5, 5.41) is 7.80. The second-order valence-electron chi connectivity index (χ2n) is 8.01. The number of rotatable bonds is 10. The summed E-state index contributed by atoms with van der Waals surface area (Å²) in [6.07, 6.45) is 0.0529. The number of ether oxygens (including phenoxy) is 1. The Labute approximate surface area is 233 Å². The Morgan fingerprint density at radius 1 is 1.00 bits per heavy atom. The molecule has 1 heterocycles. The van der Waals surface area contributed by atoms with Gasteiger partial charge in [-0.05, 0) is 55.0 Å². The highest BCUT2D eigenvalue weighted by atomic mass is 35.5. The molecule has 0 saturated heterocycles. The molecule has 1 aromatic heterocycles.